The van der Waals surface area contributed by atoms with Crippen LogP contribution in [0.5, 0.6) is 0 Å². The Hall–Kier alpha value is -2.05. The summed E-state index contributed by atoms with van der Waals surface area (Å²) in [4.78, 5) is 21.3. The van der Waals surface area contributed by atoms with Gasteiger partial charge in [0.1, 0.15) is 18.1 Å². The normalized spacial score (nSPS) is 17.7. The number of amides is 1. The van der Waals surface area contributed by atoms with Gasteiger partial charge in [-0.15, -0.1) is 0 Å². The minimum Gasteiger partial charge on any atom is -0.372 e. The lowest BCUT2D eigenvalue weighted by Crippen LogP contribution is -2.48. The highest BCUT2D eigenvalue weighted by molar-refractivity contribution is 6.30. The molecule has 2 aliphatic rings. The Balaban J connectivity index is 1.41. The van der Waals surface area contributed by atoms with Crippen molar-refractivity contribution in [2.24, 2.45) is 0 Å². The van der Waals surface area contributed by atoms with Gasteiger partial charge in [-0.05, 0) is 24.3 Å². The van der Waals surface area contributed by atoms with Crippen LogP contribution in [0.4, 0.5) is 5.69 Å². The molecule has 0 radical (unpaired) electrons. The van der Waals surface area contributed by atoms with Gasteiger partial charge in [-0.2, -0.15) is 0 Å². The first-order chi connectivity index (χ1) is 11.7. The minimum atomic E-state index is 0.00709. The summed E-state index contributed by atoms with van der Waals surface area (Å²) in [5, 5.41) is 0.736. The summed E-state index contributed by atoms with van der Waals surface area (Å²) >= 11 is 5.94. The third-order valence-corrected chi connectivity index (χ3v) is 4.80. The van der Waals surface area contributed by atoms with Crippen molar-refractivity contribution in [1.29, 1.82) is 0 Å². The van der Waals surface area contributed by atoms with Crippen molar-refractivity contribution in [3.8, 4) is 0 Å². The van der Waals surface area contributed by atoms with Crippen LogP contribution in [0.25, 0.3) is 0 Å². The SMILES string of the molecule is O=C(c1cn2c(n1)COCC2)N1CCN(c2ccc(Cl)cc2)CC1. The fraction of sp³-hybridized carbons (Fsp3) is 0.412. The molecule has 3 heterocycles. The molecule has 2 aliphatic heterocycles. The van der Waals surface area contributed by atoms with E-state index in [4.69, 9.17) is 16.3 Å². The number of carbonyl (C=O) groups is 1. The molecule has 6 nitrogen and oxygen atoms in total. The summed E-state index contributed by atoms with van der Waals surface area (Å²) in [7, 11) is 0. The van der Waals surface area contributed by atoms with E-state index in [1.165, 1.54) is 0 Å². The Morgan fingerprint density at radius 3 is 2.54 bits per heavy atom. The second-order valence-corrected chi connectivity index (χ2v) is 6.48. The third kappa shape index (κ3) is 2.99. The van der Waals surface area contributed by atoms with Gasteiger partial charge in [-0.1, -0.05) is 11.6 Å². The summed E-state index contributed by atoms with van der Waals surface area (Å²) in [5.74, 6) is 0.844. The average molecular weight is 347 g/mol. The highest BCUT2D eigenvalue weighted by Gasteiger charge is 2.25. The lowest BCUT2D eigenvalue weighted by Gasteiger charge is -2.35. The Labute approximate surface area is 145 Å². The first-order valence-corrected chi connectivity index (χ1v) is 8.52. The molecule has 1 amide bonds. The molecule has 7 heteroatoms. The van der Waals surface area contributed by atoms with Crippen LogP contribution in [0.2, 0.25) is 5.02 Å². The second kappa shape index (κ2) is 6.45. The van der Waals surface area contributed by atoms with Crippen LogP contribution in [0.1, 0.15) is 16.3 Å². The highest BCUT2D eigenvalue weighted by Crippen LogP contribution is 2.20. The van der Waals surface area contributed by atoms with Crippen LogP contribution < -0.4 is 4.90 Å². The zero-order valence-electron chi connectivity index (χ0n) is 13.3. The van der Waals surface area contributed by atoms with Gasteiger partial charge in [-0.3, -0.25) is 4.79 Å². The van der Waals surface area contributed by atoms with Crippen LogP contribution in [-0.4, -0.2) is 53.1 Å². The van der Waals surface area contributed by atoms with Gasteiger partial charge >= 0.3 is 0 Å². The Kier molecular flexibility index (Phi) is 4.16. The largest absolute Gasteiger partial charge is 0.372 e. The number of hydrogen-bond acceptors (Lipinski definition) is 4. The molecule has 126 valence electrons. The predicted octanol–water partition coefficient (Wildman–Crippen LogP) is 2.03. The van der Waals surface area contributed by atoms with Crippen LogP contribution in [0.3, 0.4) is 0 Å². The highest BCUT2D eigenvalue weighted by atomic mass is 35.5. The number of anilines is 1. The molecular weight excluding hydrogens is 328 g/mol. The number of rotatable bonds is 2. The maximum Gasteiger partial charge on any atom is 0.274 e. The lowest BCUT2D eigenvalue weighted by atomic mass is 10.2. The van der Waals surface area contributed by atoms with E-state index in [9.17, 15) is 4.79 Å². The van der Waals surface area contributed by atoms with Gasteiger partial charge in [-0.25, -0.2) is 4.98 Å². The van der Waals surface area contributed by atoms with Gasteiger partial charge in [0, 0.05) is 49.6 Å². The van der Waals surface area contributed by atoms with Crippen molar-refractivity contribution < 1.29 is 9.53 Å². The zero-order chi connectivity index (χ0) is 16.5. The Bertz CT molecular complexity index is 712. The van der Waals surface area contributed by atoms with Gasteiger partial charge in [0.25, 0.3) is 5.91 Å². The molecule has 0 N–H and O–H groups in total. The number of aromatic nitrogens is 2. The summed E-state index contributed by atoms with van der Waals surface area (Å²) in [6.07, 6.45) is 1.85. The van der Waals surface area contributed by atoms with E-state index in [0.717, 1.165) is 36.2 Å². The van der Waals surface area contributed by atoms with Crippen molar-refractivity contribution >= 4 is 23.2 Å². The van der Waals surface area contributed by atoms with Gasteiger partial charge in [0.2, 0.25) is 0 Å². The predicted molar refractivity (Wildman–Crippen MR) is 91.5 cm³/mol. The fourth-order valence-electron chi connectivity index (χ4n) is 3.17. The number of imidazole rings is 1. The van der Waals surface area contributed by atoms with Crippen molar-refractivity contribution in [2.75, 3.05) is 37.7 Å². The minimum absolute atomic E-state index is 0.00709. The molecule has 0 atom stereocenters. The molecule has 2 aromatic rings. The van der Waals surface area contributed by atoms with Crippen molar-refractivity contribution in [1.82, 2.24) is 14.5 Å². The summed E-state index contributed by atoms with van der Waals surface area (Å²) < 4.78 is 7.40. The van der Waals surface area contributed by atoms with Crippen molar-refractivity contribution in [3.63, 3.8) is 0 Å². The topological polar surface area (TPSA) is 50.6 Å². The molecule has 24 heavy (non-hydrogen) atoms. The number of piperazine rings is 1. The van der Waals surface area contributed by atoms with Gasteiger partial charge < -0.3 is 19.1 Å². The molecule has 0 bridgehead atoms. The monoisotopic (exact) mass is 346 g/mol. The van der Waals surface area contributed by atoms with E-state index >= 15 is 0 Å². The summed E-state index contributed by atoms with van der Waals surface area (Å²) in [6, 6.07) is 7.82. The lowest BCUT2D eigenvalue weighted by molar-refractivity contribution is 0.0740. The first-order valence-electron chi connectivity index (χ1n) is 8.14. The van der Waals surface area contributed by atoms with Crippen LogP contribution in [0.15, 0.2) is 30.5 Å². The molecule has 1 aromatic heterocycles. The molecular formula is C17H19ClN4O2. The number of nitrogens with zero attached hydrogens (tertiary/aromatic N) is 4. The van der Waals surface area contributed by atoms with Gasteiger partial charge in [0.05, 0.1) is 6.61 Å². The second-order valence-electron chi connectivity index (χ2n) is 6.04. The molecule has 1 aromatic carbocycles. The van der Waals surface area contributed by atoms with Gasteiger partial charge in [0.15, 0.2) is 0 Å². The van der Waals surface area contributed by atoms with Crippen LogP contribution in [-0.2, 0) is 17.9 Å². The quantitative estimate of drug-likeness (QED) is 0.835. The standard InChI is InChI=1S/C17H19ClN4O2/c18-13-1-3-14(4-2-13)20-5-7-21(8-6-20)17(23)15-11-22-9-10-24-12-16(22)19-15/h1-4,11H,5-10,12H2. The van der Waals surface area contributed by atoms with E-state index in [-0.39, 0.29) is 5.91 Å². The fourth-order valence-corrected chi connectivity index (χ4v) is 3.30. The first kappa shape index (κ1) is 15.5. The van der Waals surface area contributed by atoms with Crippen molar-refractivity contribution in [3.05, 3.63) is 47.0 Å². The third-order valence-electron chi connectivity index (χ3n) is 4.54. The maximum atomic E-state index is 12.7. The van der Waals surface area contributed by atoms with E-state index in [1.54, 1.807) is 0 Å². The molecule has 0 spiro atoms. The molecule has 0 aliphatic carbocycles. The van der Waals surface area contributed by atoms with E-state index < -0.39 is 0 Å². The summed E-state index contributed by atoms with van der Waals surface area (Å²) in [5.41, 5.74) is 1.66. The number of ether oxygens (including phenoxy) is 1. The number of carbonyl (C=O) groups excluding carboxylic acids is 1. The molecule has 4 rings (SSSR count). The molecule has 1 fully saturated rings. The number of fused-ring (bicyclic) bond motifs is 1. The summed E-state index contributed by atoms with van der Waals surface area (Å²) in [6.45, 7) is 4.93. The average Bonchev–Trinajstić information content (AvgIpc) is 3.06. The smallest absolute Gasteiger partial charge is 0.274 e. The molecule has 0 saturated carbocycles. The van der Waals surface area contributed by atoms with Crippen LogP contribution in [0, 0.1) is 0 Å². The number of halogens is 1. The van der Waals surface area contributed by atoms with Crippen LogP contribution >= 0.6 is 11.6 Å². The van der Waals surface area contributed by atoms with Crippen molar-refractivity contribution in [2.45, 2.75) is 13.2 Å². The number of hydrogen-bond donors (Lipinski definition) is 0. The van der Waals surface area contributed by atoms with E-state index in [2.05, 4.69) is 9.88 Å². The maximum absolute atomic E-state index is 12.7. The van der Waals surface area contributed by atoms with E-state index in [1.807, 2.05) is 39.9 Å². The number of benzene rings is 1. The van der Waals surface area contributed by atoms with E-state index in [0.29, 0.717) is 32.0 Å². The molecule has 1 saturated heterocycles. The zero-order valence-corrected chi connectivity index (χ0v) is 14.1. The Morgan fingerprint density at radius 2 is 1.83 bits per heavy atom. The Morgan fingerprint density at radius 1 is 1.08 bits per heavy atom. The molecule has 0 unspecified atom stereocenters.